The zero-order valence-electron chi connectivity index (χ0n) is 11.4. The van der Waals surface area contributed by atoms with Crippen molar-refractivity contribution in [3.8, 4) is 0 Å². The zero-order chi connectivity index (χ0) is 14.0. The molecule has 2 atom stereocenters. The van der Waals surface area contributed by atoms with E-state index in [0.29, 0.717) is 5.70 Å². The average molecular weight is 261 g/mol. The van der Waals surface area contributed by atoms with Crippen LogP contribution in [0, 0.1) is 0 Å². The molecule has 2 N–H and O–H groups in total. The fraction of sp³-hybridized carbons (Fsp3) is 0.357. The van der Waals surface area contributed by atoms with Crippen molar-refractivity contribution in [2.24, 2.45) is 5.73 Å². The molecular formula is C14H19N3O2. The Morgan fingerprint density at radius 3 is 2.53 bits per heavy atom. The molecule has 0 bridgehead atoms. The molecule has 0 aliphatic carbocycles. The highest BCUT2D eigenvalue weighted by Gasteiger charge is 2.37. The fourth-order valence-corrected chi connectivity index (χ4v) is 2.43. The van der Waals surface area contributed by atoms with Gasteiger partial charge in [-0.05, 0) is 19.1 Å². The van der Waals surface area contributed by atoms with Crippen molar-refractivity contribution in [2.75, 3.05) is 19.2 Å². The van der Waals surface area contributed by atoms with Crippen LogP contribution < -0.4 is 10.7 Å². The molecular weight excluding hydrogens is 242 g/mol. The Labute approximate surface area is 113 Å². The third kappa shape index (κ3) is 2.17. The maximum atomic E-state index is 11.4. The molecule has 1 aromatic rings. The molecule has 1 aliphatic rings. The van der Waals surface area contributed by atoms with Gasteiger partial charge in [-0.3, -0.25) is 10.0 Å². The summed E-state index contributed by atoms with van der Waals surface area (Å²) < 4.78 is 5.33. The average Bonchev–Trinajstić information content (AvgIpc) is 2.69. The quantitative estimate of drug-likeness (QED) is 0.823. The lowest BCUT2D eigenvalue weighted by atomic mass is 10.1. The molecule has 0 spiro atoms. The van der Waals surface area contributed by atoms with Gasteiger partial charge in [-0.25, -0.2) is 0 Å². The summed E-state index contributed by atoms with van der Waals surface area (Å²) in [6, 6.07) is 9.20. The molecule has 0 fully saturated rings. The normalized spacial score (nSPS) is 20.9. The lowest BCUT2D eigenvalue weighted by Crippen LogP contribution is -2.43. The van der Waals surface area contributed by atoms with Crippen molar-refractivity contribution in [3.63, 3.8) is 0 Å². The number of benzene rings is 1. The first-order valence-electron chi connectivity index (χ1n) is 6.17. The Kier molecular flexibility index (Phi) is 3.76. The summed E-state index contributed by atoms with van der Waals surface area (Å²) in [5.74, 6) is 0. The molecule has 1 heterocycles. The molecule has 0 aromatic heterocycles. The number of carbonyl (C=O) groups is 1. The molecule has 1 aromatic carbocycles. The lowest BCUT2D eigenvalue weighted by molar-refractivity contribution is -0.108. The summed E-state index contributed by atoms with van der Waals surface area (Å²) in [6.07, 6.45) is 0.690. The van der Waals surface area contributed by atoms with Crippen LogP contribution in [0.2, 0.25) is 0 Å². The number of rotatable bonds is 4. The van der Waals surface area contributed by atoms with Crippen molar-refractivity contribution in [2.45, 2.75) is 19.1 Å². The molecule has 5 nitrogen and oxygen atoms in total. The second-order valence-electron chi connectivity index (χ2n) is 4.50. The number of para-hydroxylation sites is 1. The van der Waals surface area contributed by atoms with Gasteiger partial charge in [0.2, 0.25) is 0 Å². The van der Waals surface area contributed by atoms with E-state index >= 15 is 0 Å². The van der Waals surface area contributed by atoms with Crippen LogP contribution in [0.1, 0.15) is 6.92 Å². The smallest absolute Gasteiger partial charge is 0.150 e. The van der Waals surface area contributed by atoms with Crippen LogP contribution in [-0.4, -0.2) is 37.6 Å². The summed E-state index contributed by atoms with van der Waals surface area (Å²) in [5, 5.41) is 3.76. The van der Waals surface area contributed by atoms with E-state index in [-0.39, 0.29) is 6.10 Å². The number of methoxy groups -OCH3 is 1. The minimum atomic E-state index is -0.486. The summed E-state index contributed by atoms with van der Waals surface area (Å²) in [4.78, 5) is 11.4. The van der Waals surface area contributed by atoms with Gasteiger partial charge in [-0.1, -0.05) is 18.2 Å². The third-order valence-corrected chi connectivity index (χ3v) is 3.44. The van der Waals surface area contributed by atoms with Crippen molar-refractivity contribution in [1.29, 1.82) is 0 Å². The summed E-state index contributed by atoms with van der Waals surface area (Å²) in [6.45, 7) is 1.91. The monoisotopic (exact) mass is 261 g/mol. The number of ether oxygens (including phenoxy) is 1. The van der Waals surface area contributed by atoms with E-state index in [0.717, 1.165) is 17.7 Å². The van der Waals surface area contributed by atoms with E-state index < -0.39 is 6.04 Å². The SMILES string of the molecule is CO[C@H](C)C1=C(N)C(C=O)N(c2ccccc2)N1C. The van der Waals surface area contributed by atoms with Crippen LogP contribution in [0.3, 0.4) is 0 Å². The van der Waals surface area contributed by atoms with E-state index in [4.69, 9.17) is 10.5 Å². The Morgan fingerprint density at radius 2 is 2.00 bits per heavy atom. The van der Waals surface area contributed by atoms with Crippen LogP contribution in [0.4, 0.5) is 5.69 Å². The van der Waals surface area contributed by atoms with Crippen LogP contribution in [0.15, 0.2) is 41.7 Å². The lowest BCUT2D eigenvalue weighted by Gasteiger charge is -2.33. The van der Waals surface area contributed by atoms with Gasteiger partial charge in [0, 0.05) is 14.2 Å². The predicted molar refractivity (Wildman–Crippen MR) is 74.2 cm³/mol. The molecule has 19 heavy (non-hydrogen) atoms. The number of likely N-dealkylation sites (N-methyl/N-ethyl adjacent to an activating group) is 1. The Balaban J connectivity index is 2.42. The van der Waals surface area contributed by atoms with Gasteiger partial charge < -0.3 is 15.3 Å². The number of nitrogens with two attached hydrogens (primary N) is 1. The highest BCUT2D eigenvalue weighted by Crippen LogP contribution is 2.31. The minimum Gasteiger partial charge on any atom is -0.398 e. The van der Waals surface area contributed by atoms with Gasteiger partial charge in [0.1, 0.15) is 6.04 Å². The Morgan fingerprint density at radius 1 is 1.37 bits per heavy atom. The molecule has 102 valence electrons. The maximum Gasteiger partial charge on any atom is 0.150 e. The molecule has 0 radical (unpaired) electrons. The zero-order valence-corrected chi connectivity index (χ0v) is 11.4. The second kappa shape index (κ2) is 5.32. The van der Waals surface area contributed by atoms with Gasteiger partial charge >= 0.3 is 0 Å². The molecule has 5 heteroatoms. The maximum absolute atomic E-state index is 11.4. The standard InChI is InChI=1S/C14H19N3O2/c1-10(19-3)14-13(15)12(9-18)17(16(14)2)11-7-5-4-6-8-11/h4-10,12H,15H2,1-3H3/t10-,12?/m1/s1. The third-order valence-electron chi connectivity index (χ3n) is 3.44. The number of anilines is 1. The number of carbonyl (C=O) groups excluding carboxylic acids is 1. The molecule has 0 saturated heterocycles. The molecule has 2 rings (SSSR count). The first kappa shape index (κ1) is 13.4. The van der Waals surface area contributed by atoms with E-state index in [1.54, 1.807) is 7.11 Å². The van der Waals surface area contributed by atoms with Gasteiger partial charge in [0.05, 0.1) is 23.2 Å². The van der Waals surface area contributed by atoms with Crippen molar-refractivity contribution in [1.82, 2.24) is 5.01 Å². The Bertz CT molecular complexity index is 487. The number of aldehydes is 1. The fourth-order valence-electron chi connectivity index (χ4n) is 2.43. The summed E-state index contributed by atoms with van der Waals surface area (Å²) in [5.41, 5.74) is 8.39. The van der Waals surface area contributed by atoms with E-state index in [9.17, 15) is 4.79 Å². The predicted octanol–water partition coefficient (Wildman–Crippen LogP) is 1.13. The van der Waals surface area contributed by atoms with Gasteiger partial charge in [0.25, 0.3) is 0 Å². The van der Waals surface area contributed by atoms with E-state index in [1.807, 2.05) is 54.3 Å². The second-order valence-corrected chi connectivity index (χ2v) is 4.50. The van der Waals surface area contributed by atoms with E-state index in [2.05, 4.69) is 0 Å². The highest BCUT2D eigenvalue weighted by atomic mass is 16.5. The minimum absolute atomic E-state index is 0.166. The van der Waals surface area contributed by atoms with Gasteiger partial charge in [-0.15, -0.1) is 0 Å². The Hall–Kier alpha value is -2.01. The molecule has 0 saturated carbocycles. The van der Waals surface area contributed by atoms with Gasteiger partial charge in [0.15, 0.2) is 6.29 Å². The van der Waals surface area contributed by atoms with Crippen molar-refractivity contribution < 1.29 is 9.53 Å². The van der Waals surface area contributed by atoms with Gasteiger partial charge in [-0.2, -0.15) is 0 Å². The number of hydrazine groups is 1. The number of nitrogens with zero attached hydrogens (tertiary/aromatic N) is 2. The summed E-state index contributed by atoms with van der Waals surface area (Å²) >= 11 is 0. The van der Waals surface area contributed by atoms with Crippen LogP contribution in [0.25, 0.3) is 0 Å². The largest absolute Gasteiger partial charge is 0.398 e. The van der Waals surface area contributed by atoms with Crippen LogP contribution in [-0.2, 0) is 9.53 Å². The first-order valence-corrected chi connectivity index (χ1v) is 6.17. The topological polar surface area (TPSA) is 58.8 Å². The molecule has 0 amide bonds. The first-order chi connectivity index (χ1) is 9.11. The van der Waals surface area contributed by atoms with Crippen molar-refractivity contribution in [3.05, 3.63) is 41.7 Å². The van der Waals surface area contributed by atoms with Crippen LogP contribution in [0.5, 0.6) is 0 Å². The highest BCUT2D eigenvalue weighted by molar-refractivity contribution is 5.73. The number of hydrogen-bond acceptors (Lipinski definition) is 5. The van der Waals surface area contributed by atoms with Crippen molar-refractivity contribution >= 4 is 12.0 Å². The van der Waals surface area contributed by atoms with E-state index in [1.165, 1.54) is 0 Å². The summed E-state index contributed by atoms with van der Waals surface area (Å²) in [7, 11) is 3.51. The molecule has 1 aliphatic heterocycles. The molecule has 1 unspecified atom stereocenters. The van der Waals surface area contributed by atoms with Crippen LogP contribution >= 0.6 is 0 Å². The number of hydrogen-bond donors (Lipinski definition) is 1.